The van der Waals surface area contributed by atoms with Gasteiger partial charge in [-0.1, -0.05) is 15.9 Å². The molecule has 1 saturated carbocycles. The molecule has 0 spiro atoms. The number of carbonyl (C=O) groups excluding carboxylic acids is 1. The molecule has 1 fully saturated rings. The van der Waals surface area contributed by atoms with Gasteiger partial charge in [-0.2, -0.15) is 0 Å². The van der Waals surface area contributed by atoms with Gasteiger partial charge < -0.3 is 10.0 Å². The maximum absolute atomic E-state index is 13.2. The van der Waals surface area contributed by atoms with E-state index in [0.717, 1.165) is 18.9 Å². The van der Waals surface area contributed by atoms with E-state index in [2.05, 4.69) is 15.9 Å². The Labute approximate surface area is 112 Å². The first-order chi connectivity index (χ1) is 8.47. The number of nitrogens with zero attached hydrogens (tertiary/aromatic N) is 1. The van der Waals surface area contributed by atoms with Gasteiger partial charge in [0.15, 0.2) is 0 Å². The third-order valence-corrected chi connectivity index (χ3v) is 3.12. The minimum Gasteiger partial charge on any atom is -0.480 e. The largest absolute Gasteiger partial charge is 0.480 e. The fraction of sp³-hybridized carbons (Fsp3) is 0.333. The number of hydrogen-bond donors (Lipinski definition) is 1. The lowest BCUT2D eigenvalue weighted by molar-refractivity contribution is -0.137. The molecular weight excluding hydrogens is 305 g/mol. The lowest BCUT2D eigenvalue weighted by Crippen LogP contribution is -2.37. The molecule has 1 aliphatic rings. The van der Waals surface area contributed by atoms with Crippen LogP contribution in [0, 0.1) is 5.82 Å². The average Bonchev–Trinajstić information content (AvgIpc) is 3.07. The highest BCUT2D eigenvalue weighted by atomic mass is 79.9. The summed E-state index contributed by atoms with van der Waals surface area (Å²) in [7, 11) is 0. The van der Waals surface area contributed by atoms with Crippen molar-refractivity contribution in [2.45, 2.75) is 18.9 Å². The van der Waals surface area contributed by atoms with Crippen LogP contribution in [-0.4, -0.2) is 34.5 Å². The van der Waals surface area contributed by atoms with E-state index in [1.54, 1.807) is 0 Å². The molecule has 1 aromatic carbocycles. The summed E-state index contributed by atoms with van der Waals surface area (Å²) >= 11 is 3.11. The number of carbonyl (C=O) groups is 2. The highest BCUT2D eigenvalue weighted by molar-refractivity contribution is 9.10. The number of hydrogen-bond acceptors (Lipinski definition) is 2. The highest BCUT2D eigenvalue weighted by Gasteiger charge is 2.34. The summed E-state index contributed by atoms with van der Waals surface area (Å²) in [6, 6.07) is 3.82. The third kappa shape index (κ3) is 3.07. The minimum atomic E-state index is -1.06. The van der Waals surface area contributed by atoms with Crippen molar-refractivity contribution in [3.8, 4) is 0 Å². The first-order valence-electron chi connectivity index (χ1n) is 5.46. The van der Waals surface area contributed by atoms with Gasteiger partial charge in [0.2, 0.25) is 0 Å². The van der Waals surface area contributed by atoms with Crippen molar-refractivity contribution >= 4 is 27.8 Å². The van der Waals surface area contributed by atoms with Crippen molar-refractivity contribution in [1.82, 2.24) is 4.90 Å². The summed E-state index contributed by atoms with van der Waals surface area (Å²) < 4.78 is 13.7. The molecular formula is C12H11BrFNO3. The normalized spacial score (nSPS) is 14.3. The van der Waals surface area contributed by atoms with Gasteiger partial charge in [-0.05, 0) is 31.0 Å². The Balaban J connectivity index is 2.24. The molecule has 6 heteroatoms. The van der Waals surface area contributed by atoms with Crippen LogP contribution in [0.4, 0.5) is 4.39 Å². The molecule has 0 radical (unpaired) electrons. The predicted octanol–water partition coefficient (Wildman–Crippen LogP) is 2.28. The Morgan fingerprint density at radius 1 is 1.39 bits per heavy atom. The summed E-state index contributed by atoms with van der Waals surface area (Å²) in [5.41, 5.74) is 0.162. The quantitative estimate of drug-likeness (QED) is 0.927. The molecule has 1 aliphatic carbocycles. The van der Waals surface area contributed by atoms with Crippen LogP contribution in [0.1, 0.15) is 23.2 Å². The summed E-state index contributed by atoms with van der Waals surface area (Å²) in [5.74, 6) is -2.04. The van der Waals surface area contributed by atoms with Crippen molar-refractivity contribution in [1.29, 1.82) is 0 Å². The Morgan fingerprint density at radius 3 is 2.56 bits per heavy atom. The zero-order valence-corrected chi connectivity index (χ0v) is 11.0. The number of halogens is 2. The molecule has 1 N–H and O–H groups in total. The molecule has 0 bridgehead atoms. The summed E-state index contributed by atoms with van der Waals surface area (Å²) in [6.07, 6.45) is 1.60. The number of carboxylic acids is 1. The van der Waals surface area contributed by atoms with Crippen molar-refractivity contribution < 1.29 is 19.1 Å². The van der Waals surface area contributed by atoms with E-state index in [1.165, 1.54) is 17.0 Å². The number of rotatable bonds is 4. The van der Waals surface area contributed by atoms with Gasteiger partial charge in [-0.15, -0.1) is 0 Å². The second-order valence-electron chi connectivity index (χ2n) is 4.22. The van der Waals surface area contributed by atoms with Crippen LogP contribution in [0.3, 0.4) is 0 Å². The van der Waals surface area contributed by atoms with Gasteiger partial charge in [-0.25, -0.2) is 4.39 Å². The van der Waals surface area contributed by atoms with Crippen LogP contribution < -0.4 is 0 Å². The number of benzene rings is 1. The van der Waals surface area contributed by atoms with Crippen LogP contribution >= 0.6 is 15.9 Å². The molecule has 0 aliphatic heterocycles. The maximum atomic E-state index is 13.2. The van der Waals surface area contributed by atoms with Crippen LogP contribution in [0.5, 0.6) is 0 Å². The second-order valence-corrected chi connectivity index (χ2v) is 5.13. The Morgan fingerprint density at radius 2 is 2.06 bits per heavy atom. The molecule has 2 rings (SSSR count). The van der Waals surface area contributed by atoms with E-state index in [-0.39, 0.29) is 18.2 Å². The first-order valence-corrected chi connectivity index (χ1v) is 6.25. The third-order valence-electron chi connectivity index (χ3n) is 2.66. The average molecular weight is 316 g/mol. The van der Waals surface area contributed by atoms with Crippen LogP contribution in [-0.2, 0) is 4.79 Å². The smallest absolute Gasteiger partial charge is 0.323 e. The molecule has 1 amide bonds. The van der Waals surface area contributed by atoms with Gasteiger partial charge in [0, 0.05) is 16.1 Å². The second kappa shape index (κ2) is 5.06. The zero-order valence-electron chi connectivity index (χ0n) is 9.40. The maximum Gasteiger partial charge on any atom is 0.323 e. The van der Waals surface area contributed by atoms with Crippen LogP contribution in [0.25, 0.3) is 0 Å². The Kier molecular flexibility index (Phi) is 3.65. The predicted molar refractivity (Wildman–Crippen MR) is 65.8 cm³/mol. The standard InChI is InChI=1S/C12H11BrFNO3/c13-8-3-7(4-9(14)5-8)12(18)15(6-11(16)17)10-1-2-10/h3-5,10H,1-2,6H2,(H,16,17). The van der Waals surface area contributed by atoms with E-state index in [9.17, 15) is 14.0 Å². The lowest BCUT2D eigenvalue weighted by Gasteiger charge is -2.20. The van der Waals surface area contributed by atoms with Crippen molar-refractivity contribution in [3.63, 3.8) is 0 Å². The SMILES string of the molecule is O=C(O)CN(C(=O)c1cc(F)cc(Br)c1)C1CC1. The van der Waals surface area contributed by atoms with E-state index >= 15 is 0 Å². The van der Waals surface area contributed by atoms with E-state index in [4.69, 9.17) is 5.11 Å². The molecule has 0 saturated heterocycles. The molecule has 0 atom stereocenters. The number of carboxylic acid groups (broad SMARTS) is 1. The highest BCUT2D eigenvalue weighted by Crippen LogP contribution is 2.28. The molecule has 96 valence electrons. The molecule has 18 heavy (non-hydrogen) atoms. The Hall–Kier alpha value is -1.43. The molecule has 0 aromatic heterocycles. The van der Waals surface area contributed by atoms with E-state index in [1.807, 2.05) is 0 Å². The van der Waals surface area contributed by atoms with Crippen LogP contribution in [0.15, 0.2) is 22.7 Å². The topological polar surface area (TPSA) is 57.6 Å². The summed E-state index contributed by atoms with van der Waals surface area (Å²) in [6.45, 7) is -0.350. The van der Waals surface area contributed by atoms with Crippen molar-refractivity contribution in [3.05, 3.63) is 34.1 Å². The van der Waals surface area contributed by atoms with E-state index < -0.39 is 17.7 Å². The lowest BCUT2D eigenvalue weighted by atomic mass is 10.2. The van der Waals surface area contributed by atoms with E-state index in [0.29, 0.717) is 4.47 Å². The number of amides is 1. The molecule has 1 aromatic rings. The number of aliphatic carboxylic acids is 1. The fourth-order valence-corrected chi connectivity index (χ4v) is 2.21. The van der Waals surface area contributed by atoms with Gasteiger partial charge in [0.05, 0.1) is 0 Å². The fourth-order valence-electron chi connectivity index (χ4n) is 1.74. The van der Waals surface area contributed by atoms with Crippen LogP contribution in [0.2, 0.25) is 0 Å². The summed E-state index contributed by atoms with van der Waals surface area (Å²) in [5, 5.41) is 8.79. The minimum absolute atomic E-state index is 0.0318. The summed E-state index contributed by atoms with van der Waals surface area (Å²) in [4.78, 5) is 24.2. The van der Waals surface area contributed by atoms with Gasteiger partial charge in [0.25, 0.3) is 5.91 Å². The van der Waals surface area contributed by atoms with Gasteiger partial charge >= 0.3 is 5.97 Å². The molecule has 0 heterocycles. The molecule has 4 nitrogen and oxygen atoms in total. The zero-order chi connectivity index (χ0) is 13.3. The Bertz CT molecular complexity index is 482. The molecule has 0 unspecified atom stereocenters. The van der Waals surface area contributed by atoms with Gasteiger partial charge in [0.1, 0.15) is 12.4 Å². The van der Waals surface area contributed by atoms with Crippen molar-refractivity contribution in [2.24, 2.45) is 0 Å². The van der Waals surface area contributed by atoms with Gasteiger partial charge in [-0.3, -0.25) is 9.59 Å². The monoisotopic (exact) mass is 315 g/mol. The van der Waals surface area contributed by atoms with Crippen molar-refractivity contribution in [2.75, 3.05) is 6.54 Å². The first kappa shape index (κ1) is 13.0.